The molecular formula is C26H33ClN4O3. The van der Waals surface area contributed by atoms with Crippen LogP contribution in [0.1, 0.15) is 32.8 Å². The number of aromatic nitrogens is 2. The number of aliphatic hydroxyl groups excluding tert-OH is 1. The summed E-state index contributed by atoms with van der Waals surface area (Å²) in [5.41, 5.74) is 2.38. The highest BCUT2D eigenvalue weighted by Gasteiger charge is 2.30. The lowest BCUT2D eigenvalue weighted by molar-refractivity contribution is -0.142. The molecule has 7 nitrogen and oxygen atoms in total. The Balaban J connectivity index is 0.00000324. The van der Waals surface area contributed by atoms with Gasteiger partial charge in [0.15, 0.2) is 5.82 Å². The van der Waals surface area contributed by atoms with Gasteiger partial charge >= 0.3 is 0 Å². The van der Waals surface area contributed by atoms with Crippen LogP contribution in [-0.4, -0.2) is 63.3 Å². The van der Waals surface area contributed by atoms with Crippen molar-refractivity contribution in [3.63, 3.8) is 0 Å². The zero-order chi connectivity index (χ0) is 23.8. The van der Waals surface area contributed by atoms with Gasteiger partial charge in [-0.2, -0.15) is 0 Å². The van der Waals surface area contributed by atoms with Crippen LogP contribution in [-0.2, 0) is 4.79 Å². The second kappa shape index (κ2) is 10.2. The molecule has 1 saturated heterocycles. The van der Waals surface area contributed by atoms with E-state index in [1.807, 2.05) is 58.0 Å². The second-order valence-electron chi connectivity index (χ2n) is 10.0. The summed E-state index contributed by atoms with van der Waals surface area (Å²) in [7, 11) is 0. The van der Waals surface area contributed by atoms with Gasteiger partial charge in [0.05, 0.1) is 11.1 Å². The number of para-hydroxylation sites is 1. The van der Waals surface area contributed by atoms with Gasteiger partial charge in [0.1, 0.15) is 17.7 Å². The molecule has 1 amide bonds. The van der Waals surface area contributed by atoms with E-state index in [1.54, 1.807) is 17.0 Å². The number of benzene rings is 2. The molecule has 2 N–H and O–H groups in total. The van der Waals surface area contributed by atoms with Gasteiger partial charge in [-0.05, 0) is 48.6 Å². The fourth-order valence-corrected chi connectivity index (χ4v) is 4.26. The number of aliphatic hydroxyl groups is 1. The summed E-state index contributed by atoms with van der Waals surface area (Å²) in [6.07, 6.45) is -0.543. The highest BCUT2D eigenvalue weighted by molar-refractivity contribution is 5.92. The van der Waals surface area contributed by atoms with E-state index in [4.69, 9.17) is 9.97 Å². The Bertz CT molecular complexity index is 1170. The Labute approximate surface area is 206 Å². The summed E-state index contributed by atoms with van der Waals surface area (Å²) in [5, 5.41) is 21.7. The predicted octanol–water partition coefficient (Wildman–Crippen LogP) is 4.18. The van der Waals surface area contributed by atoms with Crippen LogP contribution in [0.15, 0.2) is 42.5 Å². The maximum absolute atomic E-state index is 12.7. The minimum Gasteiger partial charge on any atom is -0.507 e. The fourth-order valence-electron chi connectivity index (χ4n) is 4.26. The number of halogens is 1. The Morgan fingerprint density at radius 1 is 1.06 bits per heavy atom. The topological polar surface area (TPSA) is 89.8 Å². The lowest BCUT2D eigenvalue weighted by Crippen LogP contribution is -2.52. The third kappa shape index (κ3) is 5.59. The molecule has 34 heavy (non-hydrogen) atoms. The zero-order valence-corrected chi connectivity index (χ0v) is 21.0. The van der Waals surface area contributed by atoms with Crippen molar-refractivity contribution in [3.8, 4) is 17.1 Å². The van der Waals surface area contributed by atoms with Gasteiger partial charge in [-0.15, -0.1) is 12.4 Å². The number of nitrogens with zero attached hydrogens (tertiary/aromatic N) is 4. The van der Waals surface area contributed by atoms with E-state index in [0.717, 1.165) is 22.3 Å². The largest absolute Gasteiger partial charge is 0.507 e. The first-order valence-electron chi connectivity index (χ1n) is 11.4. The van der Waals surface area contributed by atoms with Crippen molar-refractivity contribution >= 4 is 35.0 Å². The molecule has 2 aromatic carbocycles. The van der Waals surface area contributed by atoms with Crippen molar-refractivity contribution in [2.24, 2.45) is 5.41 Å². The van der Waals surface area contributed by atoms with Crippen molar-refractivity contribution < 1.29 is 15.0 Å². The molecule has 4 rings (SSSR count). The average Bonchev–Trinajstić information content (AvgIpc) is 2.77. The third-order valence-corrected chi connectivity index (χ3v) is 5.96. The number of phenols is 1. The Hall–Kier alpha value is -2.90. The molecule has 182 valence electrons. The summed E-state index contributed by atoms with van der Waals surface area (Å²) >= 11 is 0. The molecule has 0 spiro atoms. The van der Waals surface area contributed by atoms with Crippen LogP contribution in [0.3, 0.4) is 0 Å². The van der Waals surface area contributed by atoms with Gasteiger partial charge in [0, 0.05) is 31.6 Å². The first kappa shape index (κ1) is 25.7. The zero-order valence-electron chi connectivity index (χ0n) is 20.2. The molecule has 1 aliphatic heterocycles. The quantitative estimate of drug-likeness (QED) is 0.577. The number of aromatic hydroxyl groups is 1. The van der Waals surface area contributed by atoms with Crippen molar-refractivity contribution in [1.29, 1.82) is 0 Å². The standard InChI is InChI=1S/C26H32N4O3.ClH/c1-17-9-10-18-20(15-17)27-23(19-7-5-6-8-21(19)31)28-24(18)29-11-13-30(14-12-29)25(33)22(32)16-26(2,3)4;/h5-10,15,22,31-32H,11-14,16H2,1-4H3;1H/t22-;/m1./s1. The van der Waals surface area contributed by atoms with E-state index in [1.165, 1.54) is 0 Å². The molecule has 1 atom stereocenters. The lowest BCUT2D eigenvalue weighted by atomic mass is 9.89. The van der Waals surface area contributed by atoms with E-state index < -0.39 is 6.10 Å². The first-order valence-corrected chi connectivity index (χ1v) is 11.4. The predicted molar refractivity (Wildman–Crippen MR) is 137 cm³/mol. The van der Waals surface area contributed by atoms with Crippen LogP contribution in [0.25, 0.3) is 22.3 Å². The molecule has 2 heterocycles. The monoisotopic (exact) mass is 484 g/mol. The van der Waals surface area contributed by atoms with Gasteiger partial charge in [-0.1, -0.05) is 39.0 Å². The molecule has 1 aliphatic rings. The number of hydrogen-bond donors (Lipinski definition) is 2. The maximum Gasteiger partial charge on any atom is 0.251 e. The van der Waals surface area contributed by atoms with E-state index in [-0.39, 0.29) is 29.5 Å². The summed E-state index contributed by atoms with van der Waals surface area (Å²) in [6.45, 7) is 10.3. The minimum absolute atomic E-state index is 0. The third-order valence-electron chi connectivity index (χ3n) is 5.96. The molecule has 1 aromatic heterocycles. The molecule has 1 fully saturated rings. The van der Waals surface area contributed by atoms with Crippen LogP contribution >= 0.6 is 12.4 Å². The van der Waals surface area contributed by atoms with Crippen molar-refractivity contribution in [2.45, 2.75) is 40.2 Å². The van der Waals surface area contributed by atoms with Crippen LogP contribution in [0.4, 0.5) is 5.82 Å². The van der Waals surface area contributed by atoms with E-state index >= 15 is 0 Å². The summed E-state index contributed by atoms with van der Waals surface area (Å²) in [5.74, 6) is 1.20. The van der Waals surface area contributed by atoms with Gasteiger partial charge in [-0.25, -0.2) is 9.97 Å². The smallest absolute Gasteiger partial charge is 0.251 e. The van der Waals surface area contributed by atoms with Crippen LogP contribution < -0.4 is 4.90 Å². The van der Waals surface area contributed by atoms with E-state index in [9.17, 15) is 15.0 Å². The number of fused-ring (bicyclic) bond motifs is 1. The molecule has 0 radical (unpaired) electrons. The molecule has 3 aromatic rings. The fraction of sp³-hybridized carbons (Fsp3) is 0.423. The van der Waals surface area contributed by atoms with Gasteiger partial charge in [0.2, 0.25) is 0 Å². The highest BCUT2D eigenvalue weighted by atomic mass is 35.5. The van der Waals surface area contributed by atoms with Crippen LogP contribution in [0.5, 0.6) is 5.75 Å². The Morgan fingerprint density at radius 3 is 2.38 bits per heavy atom. The van der Waals surface area contributed by atoms with Gasteiger partial charge < -0.3 is 20.0 Å². The van der Waals surface area contributed by atoms with E-state index in [2.05, 4.69) is 4.90 Å². The lowest BCUT2D eigenvalue weighted by Gasteiger charge is -2.37. The molecular weight excluding hydrogens is 452 g/mol. The number of amides is 1. The highest BCUT2D eigenvalue weighted by Crippen LogP contribution is 2.32. The summed E-state index contributed by atoms with van der Waals surface area (Å²) in [6, 6.07) is 13.2. The minimum atomic E-state index is -0.980. The summed E-state index contributed by atoms with van der Waals surface area (Å²) in [4.78, 5) is 26.2. The normalized spacial score (nSPS) is 15.2. The van der Waals surface area contributed by atoms with Gasteiger partial charge in [-0.3, -0.25) is 4.79 Å². The number of carbonyl (C=O) groups excluding carboxylic acids is 1. The molecule has 0 unspecified atom stereocenters. The molecule has 8 heteroatoms. The molecule has 0 bridgehead atoms. The van der Waals surface area contributed by atoms with Crippen molar-refractivity contribution in [3.05, 3.63) is 48.0 Å². The number of piperazine rings is 1. The Kier molecular flexibility index (Phi) is 7.68. The Morgan fingerprint density at radius 2 is 1.74 bits per heavy atom. The number of aryl methyl sites for hydroxylation is 1. The molecule has 0 saturated carbocycles. The van der Waals surface area contributed by atoms with Crippen LogP contribution in [0, 0.1) is 12.3 Å². The van der Waals surface area contributed by atoms with Crippen molar-refractivity contribution in [1.82, 2.24) is 14.9 Å². The number of phenolic OH excluding ortho intramolecular Hbond substituents is 1. The van der Waals surface area contributed by atoms with E-state index in [0.29, 0.717) is 44.0 Å². The SMILES string of the molecule is Cc1ccc2c(N3CCN(C(=O)[C@H](O)CC(C)(C)C)CC3)nc(-c3ccccc3O)nc2c1.Cl. The average molecular weight is 485 g/mol. The number of hydrogen-bond acceptors (Lipinski definition) is 6. The molecule has 0 aliphatic carbocycles. The van der Waals surface area contributed by atoms with Crippen molar-refractivity contribution in [2.75, 3.05) is 31.1 Å². The second-order valence-corrected chi connectivity index (χ2v) is 10.0. The first-order chi connectivity index (χ1) is 15.6. The maximum atomic E-state index is 12.7. The number of carbonyl (C=O) groups is 1. The van der Waals surface area contributed by atoms with Crippen LogP contribution in [0.2, 0.25) is 0 Å². The number of anilines is 1. The number of rotatable bonds is 4. The summed E-state index contributed by atoms with van der Waals surface area (Å²) < 4.78 is 0. The van der Waals surface area contributed by atoms with Gasteiger partial charge in [0.25, 0.3) is 5.91 Å².